The number of carbonyl (C=O) groups excluding carboxylic acids is 4. The first-order valence-electron chi connectivity index (χ1n) is 20.4. The molecule has 13 nitrogen and oxygen atoms in total. The molecule has 4 fully saturated rings. The summed E-state index contributed by atoms with van der Waals surface area (Å²) in [5.41, 5.74) is 3.92. The number of morpholine rings is 1. The number of piperidine rings is 1. The lowest BCUT2D eigenvalue weighted by Crippen LogP contribution is -2.74. The monoisotopic (exact) mass is 807 g/mol. The number of halogens is 1. The van der Waals surface area contributed by atoms with Gasteiger partial charge < -0.3 is 29.9 Å². The topological polar surface area (TPSA) is 156 Å². The second-order valence-electron chi connectivity index (χ2n) is 17.5. The second-order valence-corrected chi connectivity index (χ2v) is 17.5. The normalized spacial score (nSPS) is 24.0. The summed E-state index contributed by atoms with van der Waals surface area (Å²) in [6.45, 7) is 18.0. The van der Waals surface area contributed by atoms with E-state index in [1.165, 1.54) is 12.1 Å². The van der Waals surface area contributed by atoms with Crippen molar-refractivity contribution in [1.29, 1.82) is 5.26 Å². The Morgan fingerprint density at radius 3 is 2.19 bits per heavy atom. The lowest BCUT2D eigenvalue weighted by Gasteiger charge is -2.63. The third-order valence-electron chi connectivity index (χ3n) is 12.6. The highest BCUT2D eigenvalue weighted by atomic mass is 19.1. The molecule has 4 amide bonds. The molecule has 3 N–H and O–H groups in total. The van der Waals surface area contributed by atoms with Gasteiger partial charge in [-0.15, -0.1) is 0 Å². The molecule has 59 heavy (non-hydrogen) atoms. The van der Waals surface area contributed by atoms with Gasteiger partial charge in [-0.3, -0.25) is 29.4 Å². The molecule has 3 saturated heterocycles. The number of imide groups is 1. The van der Waals surface area contributed by atoms with Gasteiger partial charge in [-0.05, 0) is 86.0 Å². The smallest absolute Gasteiger partial charge is 0.254 e. The van der Waals surface area contributed by atoms with Gasteiger partial charge in [0.15, 0.2) is 0 Å². The van der Waals surface area contributed by atoms with Crippen molar-refractivity contribution in [3.05, 3.63) is 88.2 Å². The van der Waals surface area contributed by atoms with Crippen molar-refractivity contribution in [3.8, 4) is 11.8 Å². The van der Waals surface area contributed by atoms with Gasteiger partial charge in [0.1, 0.15) is 23.7 Å². The van der Waals surface area contributed by atoms with Crippen LogP contribution in [0.2, 0.25) is 0 Å². The van der Waals surface area contributed by atoms with E-state index in [1.807, 2.05) is 50.2 Å². The SMILES string of the molecule is Cc1cc(O[C@H]2C(C)(C)[C@H](NC(=O)c3ccc(N4CCO[C@H](CN5CCN(c6ccc(C(=O)N[C@@H]7CCC(=O)NC7=O)c(F)c6)CC5)C4)cc3)C2(C)C)cc(C)c1C#N. The van der Waals surface area contributed by atoms with Crippen molar-refractivity contribution in [2.45, 2.75) is 78.7 Å². The Hall–Kier alpha value is -5.52. The molecule has 1 aliphatic carbocycles. The first-order valence-corrected chi connectivity index (χ1v) is 20.4. The predicted octanol–water partition coefficient (Wildman–Crippen LogP) is 4.49. The molecule has 0 radical (unpaired) electrons. The van der Waals surface area contributed by atoms with Gasteiger partial charge in [0, 0.05) is 86.0 Å². The Morgan fingerprint density at radius 1 is 0.898 bits per heavy atom. The Bertz CT molecular complexity index is 2120. The van der Waals surface area contributed by atoms with Crippen LogP contribution in [-0.4, -0.2) is 105 Å². The van der Waals surface area contributed by atoms with Gasteiger partial charge in [0.05, 0.1) is 29.9 Å². The van der Waals surface area contributed by atoms with Crippen molar-refractivity contribution in [2.75, 3.05) is 62.2 Å². The first-order chi connectivity index (χ1) is 28.0. The zero-order valence-corrected chi connectivity index (χ0v) is 34.7. The number of anilines is 2. The second kappa shape index (κ2) is 16.6. The van der Waals surface area contributed by atoms with Crippen LogP contribution in [0.15, 0.2) is 54.6 Å². The number of hydrogen-bond donors (Lipinski definition) is 3. The maximum atomic E-state index is 15.1. The van der Waals surface area contributed by atoms with Crippen LogP contribution in [0.1, 0.15) is 77.9 Å². The minimum atomic E-state index is -0.877. The lowest BCUT2D eigenvalue weighted by molar-refractivity contribution is -0.164. The summed E-state index contributed by atoms with van der Waals surface area (Å²) >= 11 is 0. The molecule has 0 bridgehead atoms. The van der Waals surface area contributed by atoms with Gasteiger partial charge in [0.25, 0.3) is 11.8 Å². The molecule has 3 aromatic rings. The summed E-state index contributed by atoms with van der Waals surface area (Å²) in [6.07, 6.45) is 0.143. The number of nitrogens with zero attached hydrogens (tertiary/aromatic N) is 4. The molecular weight excluding hydrogens is 754 g/mol. The summed E-state index contributed by atoms with van der Waals surface area (Å²) in [6, 6.07) is 17.4. The van der Waals surface area contributed by atoms with E-state index >= 15 is 4.39 Å². The summed E-state index contributed by atoms with van der Waals surface area (Å²) in [7, 11) is 0. The van der Waals surface area contributed by atoms with Crippen LogP contribution in [0, 0.1) is 41.8 Å². The van der Waals surface area contributed by atoms with Crippen molar-refractivity contribution in [3.63, 3.8) is 0 Å². The van der Waals surface area contributed by atoms with E-state index in [4.69, 9.17) is 9.47 Å². The molecule has 2 atom stereocenters. The van der Waals surface area contributed by atoms with Crippen LogP contribution < -0.4 is 30.5 Å². The van der Waals surface area contributed by atoms with E-state index in [-0.39, 0.29) is 59.3 Å². The Morgan fingerprint density at radius 2 is 1.56 bits per heavy atom. The molecule has 4 aliphatic rings. The standard InChI is InChI=1S/C45H54FN7O6/c1-27-21-32(22-28(2)35(27)24-47)59-43-44(3,4)42(45(43,5)6)50-39(55)29-7-9-30(10-8-29)53-19-20-58-33(26-53)25-51-15-17-52(18-16-51)31-11-12-34(36(46)23-31)40(56)48-37-13-14-38(54)49-41(37)57/h7-12,21-23,33,37,42-43H,13-20,25-26H2,1-6H3,(H,48,56)(H,50,55)(H,49,54,57)/t33-,37-,42-,43-/m1/s1. The number of piperazine rings is 1. The molecule has 0 spiro atoms. The number of nitrogens with one attached hydrogen (secondary N) is 3. The maximum Gasteiger partial charge on any atom is 0.254 e. The third kappa shape index (κ3) is 8.63. The number of aryl methyl sites for hydroxylation is 2. The molecule has 1 saturated carbocycles. The number of hydrogen-bond acceptors (Lipinski definition) is 10. The van der Waals surface area contributed by atoms with Crippen LogP contribution in [0.25, 0.3) is 0 Å². The highest BCUT2D eigenvalue weighted by Crippen LogP contribution is 2.55. The zero-order valence-electron chi connectivity index (χ0n) is 34.7. The van der Waals surface area contributed by atoms with Crippen LogP contribution in [0.3, 0.4) is 0 Å². The van der Waals surface area contributed by atoms with Crippen LogP contribution in [0.4, 0.5) is 15.8 Å². The highest BCUT2D eigenvalue weighted by Gasteiger charge is 2.64. The quantitative estimate of drug-likeness (QED) is 0.250. The molecule has 7 rings (SSSR count). The molecule has 0 aromatic heterocycles. The minimum Gasteiger partial charge on any atom is -0.489 e. The molecule has 3 aromatic carbocycles. The van der Waals surface area contributed by atoms with Crippen molar-refractivity contribution >= 4 is 35.0 Å². The lowest BCUT2D eigenvalue weighted by atomic mass is 9.49. The summed E-state index contributed by atoms with van der Waals surface area (Å²) in [4.78, 5) is 56.5. The van der Waals surface area contributed by atoms with Crippen molar-refractivity contribution < 1.29 is 33.0 Å². The van der Waals surface area contributed by atoms with Crippen LogP contribution in [-0.2, 0) is 14.3 Å². The van der Waals surface area contributed by atoms with Crippen LogP contribution in [0.5, 0.6) is 5.75 Å². The van der Waals surface area contributed by atoms with E-state index < -0.39 is 23.7 Å². The first kappa shape index (κ1) is 41.6. The van der Waals surface area contributed by atoms with Crippen molar-refractivity contribution in [1.82, 2.24) is 20.9 Å². The number of amides is 4. The number of nitriles is 1. The van der Waals surface area contributed by atoms with E-state index in [0.717, 1.165) is 48.7 Å². The van der Waals surface area contributed by atoms with E-state index in [9.17, 15) is 24.4 Å². The molecular formula is C45H54FN7O6. The summed E-state index contributed by atoms with van der Waals surface area (Å²) in [5, 5.41) is 17.5. The third-order valence-corrected chi connectivity index (χ3v) is 12.6. The molecule has 3 aliphatic heterocycles. The predicted molar refractivity (Wildman–Crippen MR) is 221 cm³/mol. The minimum absolute atomic E-state index is 0.00626. The average Bonchev–Trinajstić information content (AvgIpc) is 3.20. The molecule has 312 valence electrons. The van der Waals surface area contributed by atoms with Crippen LogP contribution >= 0.6 is 0 Å². The Labute approximate surface area is 345 Å². The van der Waals surface area contributed by atoms with E-state index in [1.54, 1.807) is 6.07 Å². The zero-order chi connectivity index (χ0) is 42.2. The van der Waals surface area contributed by atoms with Gasteiger partial charge in [0.2, 0.25) is 11.8 Å². The van der Waals surface area contributed by atoms with Gasteiger partial charge in [-0.2, -0.15) is 5.26 Å². The summed E-state index contributed by atoms with van der Waals surface area (Å²) < 4.78 is 27.8. The number of benzene rings is 3. The Kier molecular flexibility index (Phi) is 11.7. The fraction of sp³-hybridized carbons (Fsp3) is 0.489. The molecule has 14 heteroatoms. The van der Waals surface area contributed by atoms with Crippen molar-refractivity contribution in [2.24, 2.45) is 10.8 Å². The van der Waals surface area contributed by atoms with Gasteiger partial charge >= 0.3 is 0 Å². The highest BCUT2D eigenvalue weighted by molar-refractivity contribution is 6.04. The fourth-order valence-electron chi connectivity index (χ4n) is 9.64. The van der Waals surface area contributed by atoms with E-state index in [0.29, 0.717) is 43.1 Å². The maximum absolute atomic E-state index is 15.1. The Balaban J connectivity index is 0.879. The van der Waals surface area contributed by atoms with Gasteiger partial charge in [-0.25, -0.2) is 4.39 Å². The largest absolute Gasteiger partial charge is 0.489 e. The number of carbonyl (C=O) groups is 4. The number of rotatable bonds is 10. The van der Waals surface area contributed by atoms with Gasteiger partial charge in [-0.1, -0.05) is 27.7 Å². The summed E-state index contributed by atoms with van der Waals surface area (Å²) in [5.74, 6) is -1.73. The van der Waals surface area contributed by atoms with E-state index in [2.05, 4.69) is 64.4 Å². The molecule has 0 unspecified atom stereocenters. The molecule has 3 heterocycles. The number of ether oxygens (including phenoxy) is 2. The average molecular weight is 808 g/mol. The fourth-order valence-corrected chi connectivity index (χ4v) is 9.64.